The van der Waals surface area contributed by atoms with Crippen molar-refractivity contribution in [3.8, 4) is 0 Å². The van der Waals surface area contributed by atoms with Crippen LogP contribution in [0.2, 0.25) is 0 Å². The standard InChI is InChI=1S/C16H22/c1-7-12-8-5-14(2)11-4-10(8)16(15(7,14)3)6-9(12)13(11)16/h7-13H,4-6H2,1-3H3. The van der Waals surface area contributed by atoms with Crippen LogP contribution in [0, 0.1) is 57.7 Å². The predicted molar refractivity (Wildman–Crippen MR) is 62.6 cm³/mol. The summed E-state index contributed by atoms with van der Waals surface area (Å²) >= 11 is 0. The van der Waals surface area contributed by atoms with Crippen LogP contribution in [0.15, 0.2) is 0 Å². The molecular weight excluding hydrogens is 192 g/mol. The van der Waals surface area contributed by atoms with Gasteiger partial charge >= 0.3 is 0 Å². The minimum Gasteiger partial charge on any atom is -0.0617 e. The molecule has 9 bridgehead atoms. The molecule has 0 aliphatic heterocycles. The van der Waals surface area contributed by atoms with Gasteiger partial charge in [-0.2, -0.15) is 0 Å². The summed E-state index contributed by atoms with van der Waals surface area (Å²) in [4.78, 5) is 0. The molecular formula is C16H22. The molecule has 0 aromatic heterocycles. The van der Waals surface area contributed by atoms with Crippen molar-refractivity contribution < 1.29 is 0 Å². The molecule has 10 saturated carbocycles. The van der Waals surface area contributed by atoms with Crippen molar-refractivity contribution in [1.29, 1.82) is 0 Å². The lowest BCUT2D eigenvalue weighted by molar-refractivity contribution is -0.356. The van der Waals surface area contributed by atoms with Crippen molar-refractivity contribution >= 4 is 0 Å². The lowest BCUT2D eigenvalue weighted by atomic mass is 9.21. The van der Waals surface area contributed by atoms with Gasteiger partial charge < -0.3 is 0 Å². The van der Waals surface area contributed by atoms with Crippen molar-refractivity contribution in [3.05, 3.63) is 0 Å². The molecule has 0 N–H and O–H groups in total. The van der Waals surface area contributed by atoms with Crippen LogP contribution in [0.1, 0.15) is 40.0 Å². The van der Waals surface area contributed by atoms with Gasteiger partial charge in [-0.15, -0.1) is 0 Å². The van der Waals surface area contributed by atoms with Crippen LogP contribution >= 0.6 is 0 Å². The normalized spacial score (nSPS) is 88.3. The van der Waals surface area contributed by atoms with E-state index in [1.165, 1.54) is 23.7 Å². The molecule has 0 amide bonds. The molecule has 10 atom stereocenters. The van der Waals surface area contributed by atoms with E-state index >= 15 is 0 Å². The van der Waals surface area contributed by atoms with Crippen LogP contribution in [0.5, 0.6) is 0 Å². The first kappa shape index (κ1) is 8.16. The molecule has 0 heteroatoms. The zero-order valence-corrected chi connectivity index (χ0v) is 10.7. The molecule has 0 nitrogen and oxygen atoms in total. The third-order valence-corrected chi connectivity index (χ3v) is 9.86. The molecule has 86 valence electrons. The summed E-state index contributed by atoms with van der Waals surface area (Å²) in [6, 6.07) is 0. The van der Waals surface area contributed by atoms with Crippen molar-refractivity contribution in [2.45, 2.75) is 40.0 Å². The number of hydrogen-bond donors (Lipinski definition) is 0. The summed E-state index contributed by atoms with van der Waals surface area (Å²) in [5.41, 5.74) is 2.40. The monoisotopic (exact) mass is 214 g/mol. The number of rotatable bonds is 0. The molecule has 0 heterocycles. The van der Waals surface area contributed by atoms with Crippen LogP contribution in [0.25, 0.3) is 0 Å². The van der Waals surface area contributed by atoms with E-state index in [9.17, 15) is 0 Å². The van der Waals surface area contributed by atoms with Gasteiger partial charge in [0.15, 0.2) is 0 Å². The first-order valence-electron chi connectivity index (χ1n) is 7.57. The van der Waals surface area contributed by atoms with E-state index in [2.05, 4.69) is 20.8 Å². The Labute approximate surface area is 98.2 Å². The summed E-state index contributed by atoms with van der Waals surface area (Å²) < 4.78 is 0. The smallest absolute Gasteiger partial charge is 0.0168 e. The third-order valence-electron chi connectivity index (χ3n) is 9.86. The zero-order chi connectivity index (χ0) is 10.7. The fourth-order valence-electron chi connectivity index (χ4n) is 9.80. The fourth-order valence-corrected chi connectivity index (χ4v) is 9.80. The highest BCUT2D eigenvalue weighted by atomic mass is 15.0. The molecule has 0 saturated heterocycles. The number of hydrogen-bond acceptors (Lipinski definition) is 0. The summed E-state index contributed by atoms with van der Waals surface area (Å²) in [6.07, 6.45) is 4.94. The van der Waals surface area contributed by atoms with Crippen molar-refractivity contribution in [2.75, 3.05) is 0 Å². The highest BCUT2D eigenvalue weighted by molar-refractivity contribution is 5.42. The van der Waals surface area contributed by atoms with E-state index in [0.29, 0.717) is 0 Å². The molecule has 0 aromatic carbocycles. The van der Waals surface area contributed by atoms with E-state index in [0.717, 1.165) is 34.0 Å². The second kappa shape index (κ2) is 1.67. The van der Waals surface area contributed by atoms with Gasteiger partial charge in [0, 0.05) is 0 Å². The molecule has 10 rings (SSSR count). The Morgan fingerprint density at radius 3 is 2.56 bits per heavy atom. The van der Waals surface area contributed by atoms with Gasteiger partial charge in [-0.25, -0.2) is 0 Å². The zero-order valence-electron chi connectivity index (χ0n) is 10.7. The molecule has 10 aliphatic rings. The van der Waals surface area contributed by atoms with E-state index in [4.69, 9.17) is 0 Å². The second-order valence-corrected chi connectivity index (χ2v) is 8.74. The van der Waals surface area contributed by atoms with E-state index in [-0.39, 0.29) is 0 Å². The minimum absolute atomic E-state index is 0.756. The topological polar surface area (TPSA) is 0 Å². The highest BCUT2D eigenvalue weighted by Gasteiger charge is 2.94. The summed E-state index contributed by atoms with van der Waals surface area (Å²) in [7, 11) is 0. The molecule has 10 unspecified atom stereocenters. The highest BCUT2D eigenvalue weighted by Crippen LogP contribution is 3.00. The van der Waals surface area contributed by atoms with Gasteiger partial charge in [0.2, 0.25) is 0 Å². The Kier molecular flexibility index (Phi) is 0.850. The molecule has 10 aliphatic carbocycles. The lowest BCUT2D eigenvalue weighted by Gasteiger charge is -2.83. The first-order chi connectivity index (χ1) is 7.57. The molecule has 0 aromatic rings. The molecule has 0 radical (unpaired) electrons. The fraction of sp³-hybridized carbons (Fsp3) is 1.00. The Bertz CT molecular complexity index is 449. The maximum absolute atomic E-state index is 2.73. The Morgan fingerprint density at radius 2 is 1.81 bits per heavy atom. The Morgan fingerprint density at radius 1 is 1.00 bits per heavy atom. The lowest BCUT2D eigenvalue weighted by Crippen LogP contribution is -2.78. The quantitative estimate of drug-likeness (QED) is 0.578. The van der Waals surface area contributed by atoms with Gasteiger partial charge in [0.1, 0.15) is 0 Å². The Balaban J connectivity index is 1.82. The largest absolute Gasteiger partial charge is 0.0617 e. The van der Waals surface area contributed by atoms with Gasteiger partial charge in [-0.05, 0) is 76.9 Å². The van der Waals surface area contributed by atoms with Gasteiger partial charge in [0.05, 0.1) is 0 Å². The van der Waals surface area contributed by atoms with Gasteiger partial charge in [0.25, 0.3) is 0 Å². The van der Waals surface area contributed by atoms with Crippen LogP contribution in [-0.4, -0.2) is 0 Å². The van der Waals surface area contributed by atoms with Crippen molar-refractivity contribution in [1.82, 2.24) is 0 Å². The maximum Gasteiger partial charge on any atom is -0.0168 e. The van der Waals surface area contributed by atoms with Crippen LogP contribution in [-0.2, 0) is 0 Å². The first-order valence-corrected chi connectivity index (χ1v) is 7.57. The van der Waals surface area contributed by atoms with E-state index in [1.54, 1.807) is 19.3 Å². The SMILES string of the molecule is CC1C2C3CC4(C)C5CC3C3(CC2C53)C14C. The Hall–Kier alpha value is 0. The maximum atomic E-state index is 2.73. The van der Waals surface area contributed by atoms with Crippen LogP contribution in [0.4, 0.5) is 0 Å². The molecule has 16 heavy (non-hydrogen) atoms. The van der Waals surface area contributed by atoms with Crippen molar-refractivity contribution in [2.24, 2.45) is 57.7 Å². The van der Waals surface area contributed by atoms with E-state index < -0.39 is 0 Å². The summed E-state index contributed by atoms with van der Waals surface area (Å²) in [5, 5.41) is 0. The summed E-state index contributed by atoms with van der Waals surface area (Å²) in [6.45, 7) is 8.07. The average Bonchev–Trinajstić information content (AvgIpc) is 2.40. The summed E-state index contributed by atoms with van der Waals surface area (Å²) in [5.74, 6) is 8.17. The third kappa shape index (κ3) is 0.370. The van der Waals surface area contributed by atoms with Crippen LogP contribution in [0.3, 0.4) is 0 Å². The van der Waals surface area contributed by atoms with Gasteiger partial charge in [-0.3, -0.25) is 0 Å². The van der Waals surface area contributed by atoms with Crippen molar-refractivity contribution in [3.63, 3.8) is 0 Å². The minimum atomic E-state index is 0.756. The average molecular weight is 214 g/mol. The van der Waals surface area contributed by atoms with Crippen LogP contribution < -0.4 is 0 Å². The van der Waals surface area contributed by atoms with Gasteiger partial charge in [-0.1, -0.05) is 20.8 Å². The molecule has 10 fully saturated rings. The van der Waals surface area contributed by atoms with E-state index in [1.807, 2.05) is 0 Å². The second-order valence-electron chi connectivity index (χ2n) is 8.74. The predicted octanol–water partition coefficient (Wildman–Crippen LogP) is 3.57. The molecule has 1 spiro atoms.